The lowest BCUT2D eigenvalue weighted by molar-refractivity contribution is -0.129. The normalized spacial score (nSPS) is 17.7. The van der Waals surface area contributed by atoms with Crippen molar-refractivity contribution in [2.45, 2.75) is 57.0 Å². The van der Waals surface area contributed by atoms with Gasteiger partial charge in [-0.3, -0.25) is 14.4 Å². The first-order valence-corrected chi connectivity index (χ1v) is 14.7. The Morgan fingerprint density at radius 1 is 1.15 bits per heavy atom. The number of nitrogens with zero attached hydrogens (tertiary/aromatic N) is 1. The fraction of sp³-hybridized carbons (Fsp3) is 0.393. The fourth-order valence-corrected chi connectivity index (χ4v) is 6.47. The van der Waals surface area contributed by atoms with Gasteiger partial charge in [0, 0.05) is 22.5 Å². The van der Waals surface area contributed by atoms with Gasteiger partial charge in [0.2, 0.25) is 15.9 Å². The number of sulfonamides is 1. The third-order valence-corrected chi connectivity index (χ3v) is 8.83. The molecule has 2 aromatic carbocycles. The van der Waals surface area contributed by atoms with Crippen molar-refractivity contribution < 1.29 is 27.2 Å². The Balaban J connectivity index is 1.46. The lowest BCUT2D eigenvalue weighted by Crippen LogP contribution is -2.52. The van der Waals surface area contributed by atoms with Crippen LogP contribution >= 0.6 is 11.6 Å². The summed E-state index contributed by atoms with van der Waals surface area (Å²) in [5.41, 5.74) is 1.25. The smallest absolute Gasteiger partial charge is 0.287 e. The summed E-state index contributed by atoms with van der Waals surface area (Å²) in [4.78, 5) is 39.5. The molecule has 208 valence electrons. The Labute approximate surface area is 232 Å². The van der Waals surface area contributed by atoms with Crippen molar-refractivity contribution in [1.82, 2.24) is 14.9 Å². The number of Topliss-reactive ketones (excluding diaryl/α,β-unsaturated/α-hetero) is 1. The van der Waals surface area contributed by atoms with E-state index >= 15 is 0 Å². The number of nitrogens with one attached hydrogen (secondary N) is 2. The first kappa shape index (κ1) is 28.8. The van der Waals surface area contributed by atoms with Gasteiger partial charge >= 0.3 is 0 Å². The molecular weight excluding hydrogens is 542 g/mol. The molecule has 11 heteroatoms. The Morgan fingerprint density at radius 3 is 2.59 bits per heavy atom. The van der Waals surface area contributed by atoms with Crippen molar-refractivity contribution >= 4 is 50.2 Å². The quantitative estimate of drug-likeness (QED) is 0.418. The number of fused-ring (bicyclic) bond motifs is 1. The second-order valence-electron chi connectivity index (χ2n) is 10.2. The van der Waals surface area contributed by atoms with Gasteiger partial charge in [0.15, 0.2) is 11.5 Å². The lowest BCUT2D eigenvalue weighted by Gasteiger charge is -2.23. The maximum Gasteiger partial charge on any atom is 0.287 e. The Bertz CT molecular complexity index is 1500. The van der Waals surface area contributed by atoms with Gasteiger partial charge in [0.25, 0.3) is 5.91 Å². The molecule has 0 spiro atoms. The zero-order valence-electron chi connectivity index (χ0n) is 22.1. The van der Waals surface area contributed by atoms with Crippen LogP contribution in [0.1, 0.15) is 49.2 Å². The van der Waals surface area contributed by atoms with Crippen molar-refractivity contribution in [3.8, 4) is 0 Å². The number of benzene rings is 2. The minimum Gasteiger partial charge on any atom is -0.451 e. The van der Waals surface area contributed by atoms with E-state index in [0.717, 1.165) is 9.69 Å². The third-order valence-electron chi connectivity index (χ3n) is 6.75. The SMILES string of the molecule is Cc1c(C(=O)NC(CC(C)C)C(=O)NC2CCCN(S(=O)(=O)c3cccc(Cl)c3)CC2=O)oc2ccccc12. The summed E-state index contributed by atoms with van der Waals surface area (Å²) in [6.45, 7) is 5.39. The molecule has 4 rings (SSSR count). The second-order valence-corrected chi connectivity index (χ2v) is 12.5. The first-order valence-electron chi connectivity index (χ1n) is 12.8. The summed E-state index contributed by atoms with van der Waals surface area (Å²) in [5, 5.41) is 6.62. The molecule has 0 aliphatic carbocycles. The van der Waals surface area contributed by atoms with Crippen molar-refractivity contribution in [2.24, 2.45) is 5.92 Å². The van der Waals surface area contributed by atoms with E-state index in [4.69, 9.17) is 16.0 Å². The van der Waals surface area contributed by atoms with Crippen LogP contribution in [0.3, 0.4) is 0 Å². The number of carbonyl (C=O) groups excluding carboxylic acids is 3. The highest BCUT2D eigenvalue weighted by molar-refractivity contribution is 7.89. The zero-order valence-corrected chi connectivity index (χ0v) is 23.6. The van der Waals surface area contributed by atoms with Crippen LogP contribution in [0.15, 0.2) is 57.8 Å². The molecule has 3 aromatic rings. The van der Waals surface area contributed by atoms with Crippen LogP contribution in [0.25, 0.3) is 11.0 Å². The summed E-state index contributed by atoms with van der Waals surface area (Å²) in [7, 11) is -3.94. The molecule has 2 unspecified atom stereocenters. The predicted molar refractivity (Wildman–Crippen MR) is 148 cm³/mol. The zero-order chi connectivity index (χ0) is 28.3. The maximum atomic E-state index is 13.3. The molecule has 2 heterocycles. The van der Waals surface area contributed by atoms with Gasteiger partial charge in [-0.2, -0.15) is 4.31 Å². The Hall–Kier alpha value is -3.21. The molecule has 2 amide bonds. The van der Waals surface area contributed by atoms with Crippen LogP contribution in [-0.4, -0.2) is 55.5 Å². The molecule has 2 atom stereocenters. The average molecular weight is 574 g/mol. The van der Waals surface area contributed by atoms with E-state index < -0.39 is 39.7 Å². The Morgan fingerprint density at radius 2 is 1.90 bits per heavy atom. The van der Waals surface area contributed by atoms with Crippen molar-refractivity contribution in [1.29, 1.82) is 0 Å². The number of hydrogen-bond acceptors (Lipinski definition) is 6. The van der Waals surface area contributed by atoms with Crippen molar-refractivity contribution in [3.63, 3.8) is 0 Å². The van der Waals surface area contributed by atoms with Gasteiger partial charge in [0.1, 0.15) is 11.6 Å². The van der Waals surface area contributed by atoms with Gasteiger partial charge in [-0.05, 0) is 56.4 Å². The molecule has 1 aliphatic rings. The van der Waals surface area contributed by atoms with E-state index in [1.807, 2.05) is 32.0 Å². The number of halogens is 1. The standard InChI is InChI=1S/C28H32ClN3O6S/c1-17(2)14-23(31-28(35)26-18(3)21-10-4-5-12-25(21)38-26)27(34)30-22-11-7-13-32(16-24(22)33)39(36,37)20-9-6-8-19(29)15-20/h4-6,8-10,12,15,17,22-23H,7,11,13-14,16H2,1-3H3,(H,30,34)(H,31,35). The van der Waals surface area contributed by atoms with Crippen molar-refractivity contribution in [2.75, 3.05) is 13.1 Å². The molecule has 0 radical (unpaired) electrons. The predicted octanol–water partition coefficient (Wildman–Crippen LogP) is 4.08. The monoisotopic (exact) mass is 573 g/mol. The highest BCUT2D eigenvalue weighted by Crippen LogP contribution is 2.25. The van der Waals surface area contributed by atoms with Gasteiger partial charge < -0.3 is 15.1 Å². The highest BCUT2D eigenvalue weighted by Gasteiger charge is 2.34. The van der Waals surface area contributed by atoms with E-state index in [-0.39, 0.29) is 41.1 Å². The van der Waals surface area contributed by atoms with E-state index in [2.05, 4.69) is 10.6 Å². The van der Waals surface area contributed by atoms with Crippen molar-refractivity contribution in [3.05, 3.63) is 64.9 Å². The maximum absolute atomic E-state index is 13.3. The minimum atomic E-state index is -3.94. The van der Waals surface area contributed by atoms with Crippen LogP contribution in [0, 0.1) is 12.8 Å². The molecule has 2 N–H and O–H groups in total. The summed E-state index contributed by atoms with van der Waals surface area (Å²) < 4.78 is 33.1. The molecular formula is C28H32ClN3O6S. The summed E-state index contributed by atoms with van der Waals surface area (Å²) >= 11 is 5.97. The molecule has 1 aliphatic heterocycles. The molecule has 1 saturated heterocycles. The molecule has 0 bridgehead atoms. The topological polar surface area (TPSA) is 126 Å². The van der Waals surface area contributed by atoms with Crippen LogP contribution in [0.5, 0.6) is 0 Å². The van der Waals surface area contributed by atoms with Crippen LogP contribution in [0.2, 0.25) is 5.02 Å². The summed E-state index contributed by atoms with van der Waals surface area (Å²) in [6, 6.07) is 11.4. The van der Waals surface area contributed by atoms with E-state index in [1.54, 1.807) is 19.1 Å². The fourth-order valence-electron chi connectivity index (χ4n) is 4.72. The van der Waals surface area contributed by atoms with E-state index in [9.17, 15) is 22.8 Å². The van der Waals surface area contributed by atoms with Crippen LogP contribution in [0.4, 0.5) is 0 Å². The van der Waals surface area contributed by atoms with E-state index in [0.29, 0.717) is 24.0 Å². The summed E-state index contributed by atoms with van der Waals surface area (Å²) in [5.74, 6) is -1.24. The largest absolute Gasteiger partial charge is 0.451 e. The number of furan rings is 1. The third kappa shape index (κ3) is 6.51. The number of carbonyl (C=O) groups is 3. The number of ketones is 1. The molecule has 1 fully saturated rings. The second kappa shape index (κ2) is 11.9. The average Bonchev–Trinajstić information content (AvgIpc) is 3.11. The molecule has 1 aromatic heterocycles. The Kier molecular flexibility index (Phi) is 8.78. The molecule has 9 nitrogen and oxygen atoms in total. The first-order chi connectivity index (χ1) is 18.5. The lowest BCUT2D eigenvalue weighted by atomic mass is 10.0. The van der Waals surface area contributed by atoms with Gasteiger partial charge in [-0.25, -0.2) is 8.42 Å². The van der Waals surface area contributed by atoms with Crippen LogP contribution in [-0.2, 0) is 19.6 Å². The highest BCUT2D eigenvalue weighted by atomic mass is 35.5. The van der Waals surface area contributed by atoms with Gasteiger partial charge in [0.05, 0.1) is 17.5 Å². The molecule has 0 saturated carbocycles. The van der Waals surface area contributed by atoms with Crippen LogP contribution < -0.4 is 10.6 Å². The number of hydrogen-bond donors (Lipinski definition) is 2. The number of amides is 2. The van der Waals surface area contributed by atoms with E-state index in [1.165, 1.54) is 18.2 Å². The van der Waals surface area contributed by atoms with Gasteiger partial charge in [-0.1, -0.05) is 49.7 Å². The number of rotatable bonds is 8. The molecule has 39 heavy (non-hydrogen) atoms. The number of para-hydroxylation sites is 1. The summed E-state index contributed by atoms with van der Waals surface area (Å²) in [6.07, 6.45) is 0.986. The minimum absolute atomic E-state index is 0.00544. The van der Waals surface area contributed by atoms with Gasteiger partial charge in [-0.15, -0.1) is 0 Å². The number of aryl methyl sites for hydroxylation is 1.